The van der Waals surface area contributed by atoms with Gasteiger partial charge in [0, 0.05) is 49.6 Å². The van der Waals surface area contributed by atoms with Gasteiger partial charge in [0.2, 0.25) is 0 Å². The summed E-state index contributed by atoms with van der Waals surface area (Å²) >= 11 is 0. The van der Waals surface area contributed by atoms with Crippen LogP contribution in [0.1, 0.15) is 11.4 Å². The SMILES string of the molecule is Cc1nccc(N2CCN(c3ccnc4c(C)cccc34)CC2)n1. The number of benzene rings is 1. The van der Waals surface area contributed by atoms with Gasteiger partial charge in [-0.05, 0) is 31.5 Å². The van der Waals surface area contributed by atoms with E-state index in [1.807, 2.05) is 25.4 Å². The standard InChI is InChI=1S/C19H21N5/c1-14-4-3-5-16-17(6-8-21-19(14)16)23-10-12-24(13-11-23)18-7-9-20-15(2)22-18/h3-9H,10-13H2,1-2H3. The van der Waals surface area contributed by atoms with Gasteiger partial charge >= 0.3 is 0 Å². The van der Waals surface area contributed by atoms with Gasteiger partial charge in [-0.15, -0.1) is 0 Å². The summed E-state index contributed by atoms with van der Waals surface area (Å²) in [5, 5.41) is 1.24. The van der Waals surface area contributed by atoms with Crippen molar-refractivity contribution < 1.29 is 0 Å². The summed E-state index contributed by atoms with van der Waals surface area (Å²) in [7, 11) is 0. The molecule has 0 N–H and O–H groups in total. The number of pyridine rings is 1. The third-order valence-electron chi connectivity index (χ3n) is 4.66. The molecule has 3 aromatic rings. The summed E-state index contributed by atoms with van der Waals surface area (Å²) < 4.78 is 0. The van der Waals surface area contributed by atoms with E-state index in [1.165, 1.54) is 16.6 Å². The van der Waals surface area contributed by atoms with Crippen molar-refractivity contribution in [1.29, 1.82) is 0 Å². The van der Waals surface area contributed by atoms with E-state index in [9.17, 15) is 0 Å². The van der Waals surface area contributed by atoms with Crippen molar-refractivity contribution in [3.8, 4) is 0 Å². The second-order valence-corrected chi connectivity index (χ2v) is 6.24. The highest BCUT2D eigenvalue weighted by molar-refractivity contribution is 5.93. The summed E-state index contributed by atoms with van der Waals surface area (Å²) in [6.07, 6.45) is 3.76. The normalized spacial score (nSPS) is 15.1. The quantitative estimate of drug-likeness (QED) is 0.726. The molecule has 0 saturated carbocycles. The number of rotatable bonds is 2. The van der Waals surface area contributed by atoms with E-state index in [1.54, 1.807) is 0 Å². The molecule has 1 aliphatic heterocycles. The molecule has 1 fully saturated rings. The van der Waals surface area contributed by atoms with Crippen molar-refractivity contribution >= 4 is 22.4 Å². The Morgan fingerprint density at radius 1 is 0.833 bits per heavy atom. The van der Waals surface area contributed by atoms with Crippen molar-refractivity contribution in [3.63, 3.8) is 0 Å². The molecule has 24 heavy (non-hydrogen) atoms. The van der Waals surface area contributed by atoms with E-state index < -0.39 is 0 Å². The Bertz CT molecular complexity index is 869. The van der Waals surface area contributed by atoms with Gasteiger partial charge in [-0.25, -0.2) is 9.97 Å². The van der Waals surface area contributed by atoms with Crippen LogP contribution in [-0.2, 0) is 0 Å². The van der Waals surface area contributed by atoms with E-state index in [0.29, 0.717) is 0 Å². The first-order chi connectivity index (χ1) is 11.7. The van der Waals surface area contributed by atoms with Crippen LogP contribution in [0.2, 0.25) is 0 Å². The lowest BCUT2D eigenvalue weighted by Gasteiger charge is -2.37. The summed E-state index contributed by atoms with van der Waals surface area (Å²) in [5.74, 6) is 1.85. The molecule has 5 nitrogen and oxygen atoms in total. The molecule has 0 atom stereocenters. The average molecular weight is 319 g/mol. The van der Waals surface area contributed by atoms with Crippen molar-refractivity contribution in [2.75, 3.05) is 36.0 Å². The van der Waals surface area contributed by atoms with E-state index in [2.05, 4.69) is 55.9 Å². The lowest BCUT2D eigenvalue weighted by atomic mass is 10.1. The number of nitrogens with zero attached hydrogens (tertiary/aromatic N) is 5. The van der Waals surface area contributed by atoms with Gasteiger partial charge in [-0.2, -0.15) is 0 Å². The molecule has 3 heterocycles. The van der Waals surface area contributed by atoms with Gasteiger partial charge in [0.1, 0.15) is 11.6 Å². The molecule has 122 valence electrons. The van der Waals surface area contributed by atoms with Gasteiger partial charge in [0.05, 0.1) is 5.52 Å². The number of hydrogen-bond acceptors (Lipinski definition) is 5. The molecule has 0 radical (unpaired) electrons. The molecule has 0 amide bonds. The number of fused-ring (bicyclic) bond motifs is 1. The lowest BCUT2D eigenvalue weighted by molar-refractivity contribution is 0.647. The largest absolute Gasteiger partial charge is 0.367 e. The van der Waals surface area contributed by atoms with Crippen LogP contribution in [0.5, 0.6) is 0 Å². The second kappa shape index (κ2) is 6.07. The maximum absolute atomic E-state index is 4.55. The van der Waals surface area contributed by atoms with Gasteiger partial charge < -0.3 is 9.80 Å². The highest BCUT2D eigenvalue weighted by Crippen LogP contribution is 2.28. The Balaban J connectivity index is 1.57. The Morgan fingerprint density at radius 2 is 1.58 bits per heavy atom. The van der Waals surface area contributed by atoms with Crippen LogP contribution in [0.4, 0.5) is 11.5 Å². The van der Waals surface area contributed by atoms with E-state index in [-0.39, 0.29) is 0 Å². The topological polar surface area (TPSA) is 45.2 Å². The zero-order valence-electron chi connectivity index (χ0n) is 14.1. The van der Waals surface area contributed by atoms with Crippen LogP contribution in [0, 0.1) is 13.8 Å². The summed E-state index contributed by atoms with van der Waals surface area (Å²) in [6, 6.07) is 10.5. The molecule has 0 spiro atoms. The first-order valence-electron chi connectivity index (χ1n) is 8.36. The maximum atomic E-state index is 4.55. The molecular formula is C19H21N5. The van der Waals surface area contributed by atoms with Gasteiger partial charge in [0.25, 0.3) is 0 Å². The van der Waals surface area contributed by atoms with Crippen LogP contribution in [0.3, 0.4) is 0 Å². The van der Waals surface area contributed by atoms with Crippen molar-refractivity contribution in [2.45, 2.75) is 13.8 Å². The fourth-order valence-electron chi connectivity index (χ4n) is 3.38. The first-order valence-corrected chi connectivity index (χ1v) is 8.36. The van der Waals surface area contributed by atoms with Crippen molar-refractivity contribution in [1.82, 2.24) is 15.0 Å². The fourth-order valence-corrected chi connectivity index (χ4v) is 3.38. The number of hydrogen-bond donors (Lipinski definition) is 0. The van der Waals surface area contributed by atoms with E-state index in [0.717, 1.165) is 43.3 Å². The van der Waals surface area contributed by atoms with Crippen molar-refractivity contribution in [3.05, 3.63) is 54.1 Å². The van der Waals surface area contributed by atoms with Crippen LogP contribution in [0.15, 0.2) is 42.7 Å². The smallest absolute Gasteiger partial charge is 0.132 e. The third kappa shape index (κ3) is 2.66. The fraction of sp³-hybridized carbons (Fsp3) is 0.316. The molecule has 0 aliphatic carbocycles. The lowest BCUT2D eigenvalue weighted by Crippen LogP contribution is -2.47. The Labute approximate surface area is 142 Å². The van der Waals surface area contributed by atoms with Gasteiger partial charge in [-0.3, -0.25) is 4.98 Å². The minimum absolute atomic E-state index is 0.825. The van der Waals surface area contributed by atoms with Crippen molar-refractivity contribution in [2.24, 2.45) is 0 Å². The summed E-state index contributed by atoms with van der Waals surface area (Å²) in [4.78, 5) is 18.1. The molecule has 0 unspecified atom stereocenters. The summed E-state index contributed by atoms with van der Waals surface area (Å²) in [6.45, 7) is 7.95. The van der Waals surface area contributed by atoms with Crippen LogP contribution in [-0.4, -0.2) is 41.1 Å². The number of para-hydroxylation sites is 1. The minimum Gasteiger partial charge on any atom is -0.367 e. The minimum atomic E-state index is 0.825. The molecule has 1 saturated heterocycles. The number of aryl methyl sites for hydroxylation is 2. The van der Waals surface area contributed by atoms with Crippen LogP contribution < -0.4 is 9.80 Å². The second-order valence-electron chi connectivity index (χ2n) is 6.24. The number of aromatic nitrogens is 3. The van der Waals surface area contributed by atoms with E-state index >= 15 is 0 Å². The molecule has 1 aliphatic rings. The maximum Gasteiger partial charge on any atom is 0.132 e. The first kappa shape index (κ1) is 14.9. The van der Waals surface area contributed by atoms with Crippen LogP contribution in [0.25, 0.3) is 10.9 Å². The molecular weight excluding hydrogens is 298 g/mol. The van der Waals surface area contributed by atoms with Gasteiger partial charge in [-0.1, -0.05) is 18.2 Å². The summed E-state index contributed by atoms with van der Waals surface area (Å²) in [5.41, 5.74) is 3.61. The third-order valence-corrected chi connectivity index (χ3v) is 4.66. The average Bonchev–Trinajstić information content (AvgIpc) is 2.62. The predicted molar refractivity (Wildman–Crippen MR) is 97.7 cm³/mol. The highest BCUT2D eigenvalue weighted by Gasteiger charge is 2.20. The van der Waals surface area contributed by atoms with E-state index in [4.69, 9.17) is 0 Å². The van der Waals surface area contributed by atoms with Crippen LogP contribution >= 0.6 is 0 Å². The van der Waals surface area contributed by atoms with Gasteiger partial charge in [0.15, 0.2) is 0 Å². The molecule has 4 rings (SSSR count). The highest BCUT2D eigenvalue weighted by atomic mass is 15.3. The monoisotopic (exact) mass is 319 g/mol. The number of piperazine rings is 1. The Kier molecular flexibility index (Phi) is 3.76. The molecule has 1 aromatic carbocycles. The zero-order chi connectivity index (χ0) is 16.5. The molecule has 2 aromatic heterocycles. The molecule has 5 heteroatoms. The number of anilines is 2. The zero-order valence-corrected chi connectivity index (χ0v) is 14.1. The predicted octanol–water partition coefficient (Wildman–Crippen LogP) is 2.97. The molecule has 0 bridgehead atoms. The Hall–Kier alpha value is -2.69. The Morgan fingerprint density at radius 3 is 2.38 bits per heavy atom.